The van der Waals surface area contributed by atoms with Gasteiger partial charge in [0, 0.05) is 12.6 Å². The minimum Gasteiger partial charge on any atom is -0.465 e. The number of hydrogen-bond acceptors (Lipinski definition) is 5. The summed E-state index contributed by atoms with van der Waals surface area (Å²) in [5, 5.41) is 8.77. The zero-order valence-corrected chi connectivity index (χ0v) is 15.1. The highest BCUT2D eigenvalue weighted by atomic mass is 16.5. The Balaban J connectivity index is 2.53. The second kappa shape index (κ2) is 8.37. The molecule has 0 saturated carbocycles. The predicted octanol–water partition coefficient (Wildman–Crippen LogP) is 0.954. The van der Waals surface area contributed by atoms with E-state index in [9.17, 15) is 9.59 Å². The summed E-state index contributed by atoms with van der Waals surface area (Å²) in [7, 11) is 2.92. The van der Waals surface area contributed by atoms with Crippen molar-refractivity contribution in [2.24, 2.45) is 4.99 Å². The van der Waals surface area contributed by atoms with Crippen molar-refractivity contribution in [2.75, 3.05) is 20.7 Å². The molecule has 1 rings (SSSR count). The third-order valence-electron chi connectivity index (χ3n) is 2.96. The number of esters is 1. The van der Waals surface area contributed by atoms with Gasteiger partial charge < -0.3 is 25.1 Å². The van der Waals surface area contributed by atoms with Crippen LogP contribution in [0.3, 0.4) is 0 Å². The third-order valence-corrected chi connectivity index (χ3v) is 2.96. The molecule has 0 aliphatic rings. The fraction of sp³-hybridized carbons (Fsp3) is 0.562. The molecule has 134 valence electrons. The van der Waals surface area contributed by atoms with Crippen molar-refractivity contribution in [3.05, 3.63) is 23.2 Å². The number of guanidine groups is 1. The first-order valence-corrected chi connectivity index (χ1v) is 7.59. The van der Waals surface area contributed by atoms with E-state index in [0.717, 1.165) is 0 Å². The van der Waals surface area contributed by atoms with Gasteiger partial charge in [-0.25, -0.2) is 4.79 Å². The van der Waals surface area contributed by atoms with E-state index in [1.165, 1.54) is 7.11 Å². The fourth-order valence-corrected chi connectivity index (χ4v) is 1.96. The van der Waals surface area contributed by atoms with E-state index in [-0.39, 0.29) is 18.0 Å². The molecule has 1 heterocycles. The largest absolute Gasteiger partial charge is 0.465 e. The number of ether oxygens (including phenoxy) is 1. The molecule has 8 nitrogen and oxygen atoms in total. The number of rotatable bonds is 5. The van der Waals surface area contributed by atoms with Crippen LogP contribution in [0.1, 0.15) is 42.6 Å². The second-order valence-corrected chi connectivity index (χ2v) is 6.25. The maximum Gasteiger partial charge on any atom is 0.341 e. The van der Waals surface area contributed by atoms with Crippen LogP contribution in [0.5, 0.6) is 0 Å². The molecular formula is C16H26N4O4. The average molecular weight is 338 g/mol. The van der Waals surface area contributed by atoms with Crippen LogP contribution in [-0.4, -0.2) is 44.1 Å². The summed E-state index contributed by atoms with van der Waals surface area (Å²) in [6.45, 7) is 7.85. The van der Waals surface area contributed by atoms with E-state index in [4.69, 9.17) is 4.42 Å². The molecule has 1 amide bonds. The molecule has 0 radical (unpaired) electrons. The van der Waals surface area contributed by atoms with Crippen LogP contribution >= 0.6 is 0 Å². The highest BCUT2D eigenvalue weighted by molar-refractivity contribution is 5.90. The molecule has 0 aliphatic heterocycles. The van der Waals surface area contributed by atoms with E-state index in [1.54, 1.807) is 20.0 Å². The fourth-order valence-electron chi connectivity index (χ4n) is 1.96. The zero-order chi connectivity index (χ0) is 18.3. The molecule has 24 heavy (non-hydrogen) atoms. The number of methoxy groups -OCH3 is 1. The van der Waals surface area contributed by atoms with E-state index < -0.39 is 5.97 Å². The SMILES string of the molecule is CN=C(NCC(=O)NC(C)(C)C)NCc1cc(C(=O)OC)c(C)o1. The first-order valence-electron chi connectivity index (χ1n) is 7.59. The first kappa shape index (κ1) is 19.5. The number of nitrogens with one attached hydrogen (secondary N) is 3. The molecular weight excluding hydrogens is 312 g/mol. The Morgan fingerprint density at radius 3 is 2.50 bits per heavy atom. The van der Waals surface area contributed by atoms with E-state index in [0.29, 0.717) is 29.6 Å². The molecule has 1 aromatic rings. The van der Waals surface area contributed by atoms with Crippen LogP contribution in [0.4, 0.5) is 0 Å². The lowest BCUT2D eigenvalue weighted by molar-refractivity contribution is -0.121. The minimum absolute atomic E-state index is 0.0987. The number of aryl methyl sites for hydroxylation is 1. The van der Waals surface area contributed by atoms with Crippen LogP contribution < -0.4 is 16.0 Å². The van der Waals surface area contributed by atoms with Crippen molar-refractivity contribution in [1.82, 2.24) is 16.0 Å². The maximum atomic E-state index is 11.8. The van der Waals surface area contributed by atoms with Crippen molar-refractivity contribution in [3.63, 3.8) is 0 Å². The lowest BCUT2D eigenvalue weighted by Crippen LogP contribution is -2.48. The monoisotopic (exact) mass is 338 g/mol. The number of furan rings is 1. The molecule has 0 atom stereocenters. The Morgan fingerprint density at radius 2 is 1.96 bits per heavy atom. The molecule has 0 aromatic carbocycles. The van der Waals surface area contributed by atoms with Gasteiger partial charge in [-0.2, -0.15) is 0 Å². The molecule has 0 bridgehead atoms. The Kier molecular flexibility index (Phi) is 6.82. The molecule has 0 saturated heterocycles. The molecule has 1 aromatic heterocycles. The normalized spacial score (nSPS) is 11.8. The van der Waals surface area contributed by atoms with Crippen molar-refractivity contribution in [1.29, 1.82) is 0 Å². The van der Waals surface area contributed by atoms with Gasteiger partial charge in [0.05, 0.1) is 20.2 Å². The van der Waals surface area contributed by atoms with Gasteiger partial charge in [-0.1, -0.05) is 0 Å². The van der Waals surface area contributed by atoms with Gasteiger partial charge >= 0.3 is 5.97 Å². The summed E-state index contributed by atoms with van der Waals surface area (Å²) >= 11 is 0. The second-order valence-electron chi connectivity index (χ2n) is 6.25. The van der Waals surface area contributed by atoms with Gasteiger partial charge in [0.1, 0.15) is 17.1 Å². The maximum absolute atomic E-state index is 11.8. The minimum atomic E-state index is -0.441. The predicted molar refractivity (Wildman–Crippen MR) is 90.9 cm³/mol. The van der Waals surface area contributed by atoms with Gasteiger partial charge in [0.15, 0.2) is 5.96 Å². The highest BCUT2D eigenvalue weighted by Gasteiger charge is 2.16. The van der Waals surface area contributed by atoms with Crippen molar-refractivity contribution >= 4 is 17.8 Å². The molecule has 0 aliphatic carbocycles. The third kappa shape index (κ3) is 6.31. The van der Waals surface area contributed by atoms with Crippen LogP contribution in [0, 0.1) is 6.92 Å². The number of nitrogens with zero attached hydrogens (tertiary/aromatic N) is 1. The van der Waals surface area contributed by atoms with Crippen molar-refractivity contribution in [3.8, 4) is 0 Å². The van der Waals surface area contributed by atoms with Crippen molar-refractivity contribution in [2.45, 2.75) is 39.8 Å². The zero-order valence-electron chi connectivity index (χ0n) is 15.1. The lowest BCUT2D eigenvalue weighted by Gasteiger charge is -2.21. The topological polar surface area (TPSA) is 105 Å². The summed E-state index contributed by atoms with van der Waals surface area (Å²) in [6, 6.07) is 1.62. The Morgan fingerprint density at radius 1 is 1.29 bits per heavy atom. The van der Waals surface area contributed by atoms with Crippen LogP contribution in [0.15, 0.2) is 15.5 Å². The Hall–Kier alpha value is -2.51. The number of amides is 1. The summed E-state index contributed by atoms with van der Waals surface area (Å²) < 4.78 is 10.2. The van der Waals surface area contributed by atoms with Gasteiger partial charge in [-0.05, 0) is 33.8 Å². The Labute approximate surface area is 142 Å². The van der Waals surface area contributed by atoms with Gasteiger partial charge in [0.25, 0.3) is 0 Å². The van der Waals surface area contributed by atoms with Crippen molar-refractivity contribution < 1.29 is 18.7 Å². The number of carbonyl (C=O) groups is 2. The average Bonchev–Trinajstić information content (AvgIpc) is 2.86. The van der Waals surface area contributed by atoms with Gasteiger partial charge in [0.2, 0.25) is 5.91 Å². The van der Waals surface area contributed by atoms with Crippen LogP contribution in [0.25, 0.3) is 0 Å². The van der Waals surface area contributed by atoms with Gasteiger partial charge in [-0.15, -0.1) is 0 Å². The molecule has 8 heteroatoms. The van der Waals surface area contributed by atoms with Gasteiger partial charge in [-0.3, -0.25) is 9.79 Å². The van der Waals surface area contributed by atoms with Crippen LogP contribution in [0.2, 0.25) is 0 Å². The standard InChI is InChI=1S/C16H26N4O4/c1-10-12(14(22)23-6)7-11(24-10)8-18-15(17-5)19-9-13(21)20-16(2,3)4/h7H,8-9H2,1-6H3,(H,20,21)(H2,17,18,19). The quantitative estimate of drug-likeness (QED) is 0.419. The Bertz CT molecular complexity index is 614. The summed E-state index contributed by atoms with van der Waals surface area (Å²) in [6.07, 6.45) is 0. The molecule has 0 fully saturated rings. The summed E-state index contributed by atoms with van der Waals surface area (Å²) in [5.41, 5.74) is 0.105. The van der Waals surface area contributed by atoms with E-state index >= 15 is 0 Å². The van der Waals surface area contributed by atoms with E-state index in [1.807, 2.05) is 20.8 Å². The number of aliphatic imine (C=N–C) groups is 1. The molecule has 0 spiro atoms. The summed E-state index contributed by atoms with van der Waals surface area (Å²) in [4.78, 5) is 27.4. The molecule has 0 unspecified atom stereocenters. The van der Waals surface area contributed by atoms with Crippen LogP contribution in [-0.2, 0) is 16.1 Å². The first-order chi connectivity index (χ1) is 11.2. The smallest absolute Gasteiger partial charge is 0.341 e. The highest BCUT2D eigenvalue weighted by Crippen LogP contribution is 2.15. The molecule has 3 N–H and O–H groups in total. The number of carbonyl (C=O) groups excluding carboxylic acids is 2. The van der Waals surface area contributed by atoms with E-state index in [2.05, 4.69) is 25.7 Å². The summed E-state index contributed by atoms with van der Waals surface area (Å²) in [5.74, 6) is 0.935. The number of hydrogen-bond donors (Lipinski definition) is 3. The lowest BCUT2D eigenvalue weighted by atomic mass is 10.1.